The third kappa shape index (κ3) is 1.53. The van der Waals surface area contributed by atoms with Gasteiger partial charge in [-0.15, -0.1) is 0 Å². The van der Waals surface area contributed by atoms with Crippen molar-refractivity contribution in [2.24, 2.45) is 5.92 Å². The first-order chi connectivity index (χ1) is 5.40. The fraction of sp³-hybridized carbons (Fsp3) is 0.778. The maximum atomic E-state index is 8.69. The molecule has 0 aromatic carbocycles. The minimum absolute atomic E-state index is 0.383. The van der Waals surface area contributed by atoms with Crippen LogP contribution in [0.2, 0.25) is 9.63 Å². The Hall–Kier alpha value is 0.219. The molecule has 0 aromatic heterocycles. The third-order valence-corrected chi connectivity index (χ3v) is 5.98. The Morgan fingerprint density at radius 3 is 2.91 bits per heavy atom. The zero-order valence-corrected chi connectivity index (χ0v) is 8.28. The van der Waals surface area contributed by atoms with E-state index in [0.717, 1.165) is 36.9 Å². The second-order valence-electron chi connectivity index (χ2n) is 3.36. The molecule has 1 aliphatic heterocycles. The number of hydrogen-bond donors (Lipinski definition) is 1. The summed E-state index contributed by atoms with van der Waals surface area (Å²) in [6.45, 7) is 0.383. The second kappa shape index (κ2) is 3.30. The van der Waals surface area contributed by atoms with E-state index < -0.39 is 0 Å². The van der Waals surface area contributed by atoms with Gasteiger partial charge in [0, 0.05) is 0 Å². The summed E-state index contributed by atoms with van der Waals surface area (Å²) in [7, 11) is 0. The summed E-state index contributed by atoms with van der Waals surface area (Å²) in [5.74, 6) is 0.895. The summed E-state index contributed by atoms with van der Waals surface area (Å²) < 4.78 is 0. The van der Waals surface area contributed by atoms with Crippen LogP contribution >= 0.6 is 0 Å². The van der Waals surface area contributed by atoms with Crippen molar-refractivity contribution >= 4 is 15.0 Å². The van der Waals surface area contributed by atoms with Crippen LogP contribution in [0, 0.1) is 5.92 Å². The van der Waals surface area contributed by atoms with Gasteiger partial charge >= 0.3 is 73.6 Å². The molecule has 1 nitrogen and oxygen atoms in total. The van der Waals surface area contributed by atoms with Gasteiger partial charge < -0.3 is 0 Å². The van der Waals surface area contributed by atoms with Gasteiger partial charge in [-0.25, -0.2) is 0 Å². The summed E-state index contributed by atoms with van der Waals surface area (Å²) >= 11 is 0.856. The van der Waals surface area contributed by atoms with Crippen LogP contribution in [0.1, 0.15) is 19.3 Å². The van der Waals surface area contributed by atoms with E-state index in [4.69, 9.17) is 5.11 Å². The molecule has 2 bridgehead atoms. The molecule has 62 valence electrons. The van der Waals surface area contributed by atoms with Gasteiger partial charge in [0.1, 0.15) is 0 Å². The fourth-order valence-corrected chi connectivity index (χ4v) is 5.47. The van der Waals surface area contributed by atoms with Crippen LogP contribution in [0.15, 0.2) is 12.2 Å². The minimum atomic E-state index is 0.383. The molecule has 1 fully saturated rings. The van der Waals surface area contributed by atoms with Crippen molar-refractivity contribution in [3.63, 3.8) is 0 Å². The molecule has 2 heteroatoms. The topological polar surface area (TPSA) is 20.2 Å². The molecule has 1 N–H and O–H groups in total. The summed E-state index contributed by atoms with van der Waals surface area (Å²) in [5.41, 5.74) is 0. The summed E-state index contributed by atoms with van der Waals surface area (Å²) in [5, 5.41) is 8.69. The van der Waals surface area contributed by atoms with Crippen molar-refractivity contribution in [3.8, 4) is 0 Å². The van der Waals surface area contributed by atoms with Gasteiger partial charge in [0.25, 0.3) is 0 Å². The van der Waals surface area contributed by atoms with Gasteiger partial charge in [0.05, 0.1) is 0 Å². The molecular weight excluding hydrogens is 203 g/mol. The standard InChI is InChI=1S/C9H14OSe/c10-5-1-2-9-7-3-4-8(6-7)11-9/h3-4,7-10H,1-2,5-6H2. The number of rotatable bonds is 3. The molecule has 3 atom stereocenters. The molecule has 0 saturated carbocycles. The Morgan fingerprint density at radius 2 is 2.36 bits per heavy atom. The van der Waals surface area contributed by atoms with Gasteiger partial charge in [-0.2, -0.15) is 0 Å². The number of aliphatic hydroxyl groups excluding tert-OH is 1. The zero-order chi connectivity index (χ0) is 7.68. The Bertz CT molecular complexity index is 167. The molecule has 3 unspecified atom stereocenters. The molecule has 0 spiro atoms. The average molecular weight is 217 g/mol. The number of allylic oxidation sites excluding steroid dienone is 2. The zero-order valence-electron chi connectivity index (χ0n) is 6.57. The van der Waals surface area contributed by atoms with Crippen molar-refractivity contribution < 1.29 is 5.11 Å². The molecule has 11 heavy (non-hydrogen) atoms. The number of hydrogen-bond acceptors (Lipinski definition) is 1. The van der Waals surface area contributed by atoms with Crippen LogP contribution in [-0.4, -0.2) is 26.7 Å². The quantitative estimate of drug-likeness (QED) is 0.562. The van der Waals surface area contributed by atoms with Crippen molar-refractivity contribution in [1.82, 2.24) is 0 Å². The molecule has 0 radical (unpaired) electrons. The molecule has 1 aliphatic carbocycles. The van der Waals surface area contributed by atoms with Gasteiger partial charge in [-0.05, 0) is 0 Å². The predicted octanol–water partition coefficient (Wildman–Crippen LogP) is 1.63. The first-order valence-electron chi connectivity index (χ1n) is 4.35. The van der Waals surface area contributed by atoms with E-state index in [9.17, 15) is 0 Å². The van der Waals surface area contributed by atoms with E-state index in [-0.39, 0.29) is 0 Å². The molecule has 2 aliphatic rings. The first-order valence-corrected chi connectivity index (χ1v) is 6.32. The van der Waals surface area contributed by atoms with E-state index >= 15 is 0 Å². The van der Waals surface area contributed by atoms with Crippen LogP contribution in [-0.2, 0) is 0 Å². The van der Waals surface area contributed by atoms with Gasteiger partial charge in [-0.3, -0.25) is 0 Å². The Labute approximate surface area is 74.0 Å². The van der Waals surface area contributed by atoms with Gasteiger partial charge in [-0.1, -0.05) is 0 Å². The summed E-state index contributed by atoms with van der Waals surface area (Å²) in [4.78, 5) is 1.92. The number of aliphatic hydroxyl groups is 1. The summed E-state index contributed by atoms with van der Waals surface area (Å²) in [6, 6.07) is 0. The Kier molecular flexibility index (Phi) is 2.36. The Balaban J connectivity index is 1.84. The number of fused-ring (bicyclic) bond motifs is 2. The van der Waals surface area contributed by atoms with Crippen molar-refractivity contribution in [3.05, 3.63) is 12.2 Å². The normalized spacial score (nSPS) is 40.3. The van der Waals surface area contributed by atoms with E-state index in [1.165, 1.54) is 12.8 Å². The third-order valence-electron chi connectivity index (χ3n) is 2.55. The van der Waals surface area contributed by atoms with Crippen molar-refractivity contribution in [2.75, 3.05) is 6.61 Å². The molecule has 2 rings (SSSR count). The van der Waals surface area contributed by atoms with Crippen LogP contribution in [0.5, 0.6) is 0 Å². The second-order valence-corrected chi connectivity index (χ2v) is 6.48. The first kappa shape index (κ1) is 7.85. The molecule has 0 amide bonds. The average Bonchev–Trinajstić information content (AvgIpc) is 2.60. The molecule has 1 heterocycles. The molecular formula is C9H14OSe. The van der Waals surface area contributed by atoms with Gasteiger partial charge in [0.2, 0.25) is 0 Å². The van der Waals surface area contributed by atoms with Crippen molar-refractivity contribution in [2.45, 2.75) is 28.9 Å². The Morgan fingerprint density at radius 1 is 1.45 bits per heavy atom. The summed E-state index contributed by atoms with van der Waals surface area (Å²) in [6.07, 6.45) is 8.51. The molecule has 0 aromatic rings. The van der Waals surface area contributed by atoms with E-state index in [0.29, 0.717) is 6.61 Å². The van der Waals surface area contributed by atoms with Crippen LogP contribution < -0.4 is 0 Å². The van der Waals surface area contributed by atoms with Crippen LogP contribution in [0.25, 0.3) is 0 Å². The van der Waals surface area contributed by atoms with Crippen molar-refractivity contribution in [1.29, 1.82) is 0 Å². The van der Waals surface area contributed by atoms with E-state index in [1.807, 2.05) is 0 Å². The van der Waals surface area contributed by atoms with E-state index in [1.54, 1.807) is 0 Å². The van der Waals surface area contributed by atoms with E-state index in [2.05, 4.69) is 12.2 Å². The fourth-order valence-electron chi connectivity index (χ4n) is 1.97. The van der Waals surface area contributed by atoms with Crippen LogP contribution in [0.4, 0.5) is 0 Å². The van der Waals surface area contributed by atoms with Gasteiger partial charge in [0.15, 0.2) is 0 Å². The van der Waals surface area contributed by atoms with Crippen LogP contribution in [0.3, 0.4) is 0 Å². The monoisotopic (exact) mass is 218 g/mol. The predicted molar refractivity (Wildman–Crippen MR) is 46.8 cm³/mol. The maximum absolute atomic E-state index is 8.69. The molecule has 1 saturated heterocycles. The SMILES string of the molecule is OCCCC1[Se]C2C=CC1C2.